The molecule has 2 aromatic rings. The van der Waals surface area contributed by atoms with Crippen molar-refractivity contribution in [1.82, 2.24) is 9.97 Å². The van der Waals surface area contributed by atoms with E-state index in [0.717, 1.165) is 16.2 Å². The minimum absolute atomic E-state index is 0.166. The number of hydrogen-bond acceptors (Lipinski definition) is 8. The Kier molecular flexibility index (Phi) is 5.32. The maximum absolute atomic E-state index is 12.2. The van der Waals surface area contributed by atoms with E-state index in [9.17, 15) is 14.4 Å². The standard InChI is InChI=1S/C14H15N3O4S2/c1-5-21-13(20)11-10(17(7(2)18)8(3)19)9-6-15-14(22-4)16-12(9)23-11/h6H,5H2,1-4H3. The summed E-state index contributed by atoms with van der Waals surface area (Å²) in [5.41, 5.74) is 0.191. The maximum Gasteiger partial charge on any atom is 0.350 e. The molecule has 0 atom stereocenters. The molecule has 0 aliphatic rings. The third kappa shape index (κ3) is 3.35. The number of carbonyl (C=O) groups is 3. The van der Waals surface area contributed by atoms with Gasteiger partial charge < -0.3 is 4.74 Å². The lowest BCUT2D eigenvalue weighted by Gasteiger charge is -2.17. The highest BCUT2D eigenvalue weighted by atomic mass is 32.2. The Balaban J connectivity index is 2.76. The molecule has 0 aliphatic heterocycles. The van der Waals surface area contributed by atoms with Crippen LogP contribution in [0.15, 0.2) is 11.4 Å². The van der Waals surface area contributed by atoms with Gasteiger partial charge in [-0.1, -0.05) is 11.8 Å². The van der Waals surface area contributed by atoms with Gasteiger partial charge in [-0.05, 0) is 13.2 Å². The Morgan fingerprint density at radius 1 is 1.30 bits per heavy atom. The summed E-state index contributed by atoms with van der Waals surface area (Å²) >= 11 is 2.44. The van der Waals surface area contributed by atoms with Crippen LogP contribution in [0.1, 0.15) is 30.4 Å². The molecule has 0 aliphatic carbocycles. The van der Waals surface area contributed by atoms with E-state index in [-0.39, 0.29) is 17.2 Å². The average molecular weight is 353 g/mol. The van der Waals surface area contributed by atoms with Gasteiger partial charge in [0.2, 0.25) is 11.8 Å². The summed E-state index contributed by atoms with van der Waals surface area (Å²) in [5.74, 6) is -1.57. The zero-order chi connectivity index (χ0) is 17.1. The van der Waals surface area contributed by atoms with E-state index in [1.807, 2.05) is 6.26 Å². The largest absolute Gasteiger partial charge is 0.462 e. The molecule has 2 rings (SSSR count). The summed E-state index contributed by atoms with van der Waals surface area (Å²) in [5, 5.41) is 1.01. The van der Waals surface area contributed by atoms with Gasteiger partial charge >= 0.3 is 5.97 Å². The second-order valence-corrected chi connectivity index (χ2v) is 6.22. The number of fused-ring (bicyclic) bond motifs is 1. The molecule has 0 saturated heterocycles. The third-order valence-electron chi connectivity index (χ3n) is 2.90. The van der Waals surface area contributed by atoms with Crippen molar-refractivity contribution < 1.29 is 19.1 Å². The van der Waals surface area contributed by atoms with E-state index in [0.29, 0.717) is 15.4 Å². The normalized spacial score (nSPS) is 10.6. The van der Waals surface area contributed by atoms with E-state index < -0.39 is 17.8 Å². The predicted molar refractivity (Wildman–Crippen MR) is 89.0 cm³/mol. The smallest absolute Gasteiger partial charge is 0.350 e. The van der Waals surface area contributed by atoms with Crippen molar-refractivity contribution >= 4 is 56.8 Å². The SMILES string of the molecule is CCOC(=O)c1sc2nc(SC)ncc2c1N(C(C)=O)C(C)=O. The number of carbonyl (C=O) groups excluding carboxylic acids is 3. The zero-order valence-corrected chi connectivity index (χ0v) is 14.7. The Morgan fingerprint density at radius 3 is 2.48 bits per heavy atom. The van der Waals surface area contributed by atoms with Crippen molar-refractivity contribution in [3.8, 4) is 0 Å². The van der Waals surface area contributed by atoms with Crippen LogP contribution in [0.4, 0.5) is 5.69 Å². The first-order chi connectivity index (χ1) is 10.9. The topological polar surface area (TPSA) is 89.5 Å². The number of aromatic nitrogens is 2. The lowest BCUT2D eigenvalue weighted by molar-refractivity contribution is -0.124. The van der Waals surface area contributed by atoms with Gasteiger partial charge in [0.1, 0.15) is 9.71 Å². The van der Waals surface area contributed by atoms with E-state index in [1.165, 1.54) is 31.8 Å². The van der Waals surface area contributed by atoms with Crippen LogP contribution in [0.2, 0.25) is 0 Å². The second-order valence-electron chi connectivity index (χ2n) is 4.45. The van der Waals surface area contributed by atoms with Gasteiger partial charge in [0.25, 0.3) is 0 Å². The zero-order valence-electron chi connectivity index (χ0n) is 13.1. The first-order valence-electron chi connectivity index (χ1n) is 6.72. The molecule has 0 unspecified atom stereocenters. The van der Waals surface area contributed by atoms with Crippen LogP contribution in [0.3, 0.4) is 0 Å². The highest BCUT2D eigenvalue weighted by molar-refractivity contribution is 7.98. The summed E-state index contributed by atoms with van der Waals surface area (Å²) < 4.78 is 5.03. The molecular weight excluding hydrogens is 338 g/mol. The fourth-order valence-corrected chi connectivity index (χ4v) is 3.47. The maximum atomic E-state index is 12.2. The molecule has 2 heterocycles. The summed E-state index contributed by atoms with van der Waals surface area (Å²) in [6, 6.07) is 0. The van der Waals surface area contributed by atoms with Crippen LogP contribution in [0, 0.1) is 0 Å². The monoisotopic (exact) mass is 353 g/mol. The summed E-state index contributed by atoms with van der Waals surface area (Å²) in [4.78, 5) is 46.2. The molecule has 23 heavy (non-hydrogen) atoms. The Labute approximate surface area is 141 Å². The van der Waals surface area contributed by atoms with Crippen LogP contribution in [-0.2, 0) is 14.3 Å². The van der Waals surface area contributed by atoms with E-state index in [4.69, 9.17) is 4.74 Å². The molecule has 2 amide bonds. The van der Waals surface area contributed by atoms with Crippen molar-refractivity contribution in [2.24, 2.45) is 0 Å². The fraction of sp³-hybridized carbons (Fsp3) is 0.357. The molecule has 0 radical (unpaired) electrons. The van der Waals surface area contributed by atoms with Gasteiger partial charge in [-0.2, -0.15) is 0 Å². The molecule has 0 spiro atoms. The van der Waals surface area contributed by atoms with Crippen molar-refractivity contribution in [1.29, 1.82) is 0 Å². The minimum atomic E-state index is -0.594. The number of thioether (sulfide) groups is 1. The minimum Gasteiger partial charge on any atom is -0.462 e. The number of rotatable bonds is 4. The molecule has 122 valence electrons. The van der Waals surface area contributed by atoms with Crippen LogP contribution in [-0.4, -0.2) is 40.6 Å². The van der Waals surface area contributed by atoms with Crippen LogP contribution in [0.5, 0.6) is 0 Å². The van der Waals surface area contributed by atoms with Gasteiger partial charge in [0, 0.05) is 20.0 Å². The Morgan fingerprint density at radius 2 is 1.96 bits per heavy atom. The first kappa shape index (κ1) is 17.4. The molecule has 0 N–H and O–H groups in total. The number of imide groups is 1. The van der Waals surface area contributed by atoms with E-state index >= 15 is 0 Å². The van der Waals surface area contributed by atoms with Crippen LogP contribution >= 0.6 is 23.1 Å². The van der Waals surface area contributed by atoms with Crippen LogP contribution < -0.4 is 4.90 Å². The molecule has 2 aromatic heterocycles. The number of esters is 1. The quantitative estimate of drug-likeness (QED) is 0.474. The molecule has 9 heteroatoms. The second kappa shape index (κ2) is 7.05. The number of anilines is 1. The van der Waals surface area contributed by atoms with Crippen LogP contribution in [0.25, 0.3) is 10.2 Å². The van der Waals surface area contributed by atoms with Gasteiger partial charge in [0.15, 0.2) is 5.16 Å². The number of hydrogen-bond donors (Lipinski definition) is 0. The third-order valence-corrected chi connectivity index (χ3v) is 4.53. The molecule has 0 fully saturated rings. The lowest BCUT2D eigenvalue weighted by Crippen LogP contribution is -2.34. The Bertz CT molecular complexity index is 774. The summed E-state index contributed by atoms with van der Waals surface area (Å²) in [7, 11) is 0. The molecular formula is C14H15N3O4S2. The first-order valence-corrected chi connectivity index (χ1v) is 8.76. The highest BCUT2D eigenvalue weighted by Gasteiger charge is 2.29. The highest BCUT2D eigenvalue weighted by Crippen LogP contribution is 2.38. The van der Waals surface area contributed by atoms with Gasteiger partial charge in [-0.15, -0.1) is 11.3 Å². The van der Waals surface area contributed by atoms with Gasteiger partial charge in [-0.25, -0.2) is 19.7 Å². The molecule has 0 saturated carbocycles. The van der Waals surface area contributed by atoms with Crippen molar-refractivity contribution in [3.05, 3.63) is 11.1 Å². The summed E-state index contributed by atoms with van der Waals surface area (Å²) in [6.45, 7) is 4.40. The molecule has 0 bridgehead atoms. The van der Waals surface area contributed by atoms with Crippen molar-refractivity contribution in [2.45, 2.75) is 25.9 Å². The fourth-order valence-electron chi connectivity index (χ4n) is 2.05. The van der Waals surface area contributed by atoms with E-state index in [2.05, 4.69) is 9.97 Å². The van der Waals surface area contributed by atoms with Crippen molar-refractivity contribution in [2.75, 3.05) is 17.8 Å². The number of thiophene rings is 1. The summed E-state index contributed by atoms with van der Waals surface area (Å²) in [6.07, 6.45) is 3.35. The van der Waals surface area contributed by atoms with Gasteiger partial charge in [0.05, 0.1) is 17.7 Å². The van der Waals surface area contributed by atoms with Gasteiger partial charge in [-0.3, -0.25) is 9.59 Å². The number of ether oxygens (including phenoxy) is 1. The molecule has 7 nitrogen and oxygen atoms in total. The number of nitrogens with zero attached hydrogens (tertiary/aromatic N) is 3. The van der Waals surface area contributed by atoms with E-state index in [1.54, 1.807) is 6.92 Å². The average Bonchev–Trinajstić information content (AvgIpc) is 2.85. The predicted octanol–water partition coefficient (Wildman–Crippen LogP) is 2.49. The van der Waals surface area contributed by atoms with Crippen molar-refractivity contribution in [3.63, 3.8) is 0 Å². The Hall–Kier alpha value is -2.00. The lowest BCUT2D eigenvalue weighted by atomic mass is 10.2. The number of amides is 2. The molecule has 0 aromatic carbocycles.